The second kappa shape index (κ2) is 3.91. The number of benzene rings is 1. The second-order valence-corrected chi connectivity index (χ2v) is 4.90. The number of aryl methyl sites for hydroxylation is 2. The summed E-state index contributed by atoms with van der Waals surface area (Å²) in [7, 11) is 0. The van der Waals surface area contributed by atoms with Crippen LogP contribution in [0.15, 0.2) is 24.3 Å². The van der Waals surface area contributed by atoms with Crippen molar-refractivity contribution < 1.29 is 0 Å². The molecule has 0 bridgehead atoms. The average molecular weight is 227 g/mol. The fourth-order valence-corrected chi connectivity index (χ4v) is 2.09. The molecule has 0 spiro atoms. The molecule has 1 saturated carbocycles. The number of hydrogen-bond acceptors (Lipinski definition) is 2. The molecule has 3 heteroatoms. The van der Waals surface area contributed by atoms with E-state index in [-0.39, 0.29) is 0 Å². The lowest BCUT2D eigenvalue weighted by atomic mass is 10.0. The Labute approximate surface area is 101 Å². The summed E-state index contributed by atoms with van der Waals surface area (Å²) < 4.78 is 0. The van der Waals surface area contributed by atoms with E-state index in [4.69, 9.17) is 0 Å². The smallest absolute Gasteiger partial charge is 0.148 e. The van der Waals surface area contributed by atoms with Gasteiger partial charge in [-0.05, 0) is 32.3 Å². The maximum atomic E-state index is 4.30. The zero-order chi connectivity index (χ0) is 11.8. The molecule has 1 heterocycles. The van der Waals surface area contributed by atoms with E-state index in [0.29, 0.717) is 6.04 Å². The number of hydrogen-bond donors (Lipinski definition) is 2. The number of aromatic nitrogens is 2. The minimum atomic E-state index is 0.644. The molecule has 0 atom stereocenters. The Bertz CT molecular complexity index is 538. The van der Waals surface area contributed by atoms with Crippen molar-refractivity contribution >= 4 is 5.82 Å². The Morgan fingerprint density at radius 3 is 2.76 bits per heavy atom. The van der Waals surface area contributed by atoms with Crippen LogP contribution >= 0.6 is 0 Å². The van der Waals surface area contributed by atoms with Gasteiger partial charge in [0.05, 0.1) is 5.69 Å². The first-order valence-electron chi connectivity index (χ1n) is 6.12. The Balaban J connectivity index is 1.89. The molecule has 0 radical (unpaired) electrons. The van der Waals surface area contributed by atoms with Gasteiger partial charge in [0, 0.05) is 17.7 Å². The summed E-state index contributed by atoms with van der Waals surface area (Å²) in [6.07, 6.45) is 2.54. The van der Waals surface area contributed by atoms with Gasteiger partial charge in [0.15, 0.2) is 0 Å². The van der Waals surface area contributed by atoms with Crippen molar-refractivity contribution in [1.82, 2.24) is 10.2 Å². The molecule has 2 N–H and O–H groups in total. The lowest BCUT2D eigenvalue weighted by molar-refractivity contribution is 1.05. The van der Waals surface area contributed by atoms with Crippen LogP contribution in [0, 0.1) is 13.8 Å². The van der Waals surface area contributed by atoms with Crippen LogP contribution in [0.3, 0.4) is 0 Å². The third-order valence-corrected chi connectivity index (χ3v) is 3.18. The van der Waals surface area contributed by atoms with Crippen LogP contribution in [-0.4, -0.2) is 16.2 Å². The van der Waals surface area contributed by atoms with Crippen LogP contribution in [-0.2, 0) is 0 Å². The molecule has 1 aliphatic carbocycles. The van der Waals surface area contributed by atoms with Gasteiger partial charge < -0.3 is 5.32 Å². The van der Waals surface area contributed by atoms with Crippen LogP contribution in [0.4, 0.5) is 5.82 Å². The molecule has 1 aromatic carbocycles. The van der Waals surface area contributed by atoms with Gasteiger partial charge in [-0.25, -0.2) is 0 Å². The first-order valence-corrected chi connectivity index (χ1v) is 6.12. The molecule has 1 aliphatic rings. The summed E-state index contributed by atoms with van der Waals surface area (Å²) in [5.74, 6) is 0.961. The molecule has 0 aliphatic heterocycles. The highest BCUT2D eigenvalue weighted by Gasteiger charge is 2.21. The average Bonchev–Trinajstić information content (AvgIpc) is 2.96. The van der Waals surface area contributed by atoms with Crippen molar-refractivity contribution in [3.63, 3.8) is 0 Å². The van der Waals surface area contributed by atoms with Gasteiger partial charge in [-0.2, -0.15) is 5.10 Å². The topological polar surface area (TPSA) is 40.7 Å². The highest BCUT2D eigenvalue weighted by Crippen LogP contribution is 2.27. The maximum Gasteiger partial charge on any atom is 0.148 e. The molecular weight excluding hydrogens is 210 g/mol. The van der Waals surface area contributed by atoms with Crippen LogP contribution in [0.25, 0.3) is 11.3 Å². The Kier molecular flexibility index (Phi) is 2.39. The predicted octanol–water partition coefficient (Wildman–Crippen LogP) is 3.27. The van der Waals surface area contributed by atoms with E-state index >= 15 is 0 Å². The number of anilines is 1. The molecule has 3 rings (SSSR count). The highest BCUT2D eigenvalue weighted by molar-refractivity contribution is 5.66. The largest absolute Gasteiger partial charge is 0.366 e. The minimum absolute atomic E-state index is 0.644. The fraction of sp³-hybridized carbons (Fsp3) is 0.357. The molecule has 1 aromatic heterocycles. The summed E-state index contributed by atoms with van der Waals surface area (Å²) in [6.45, 7) is 4.25. The van der Waals surface area contributed by atoms with Crippen molar-refractivity contribution in [3.05, 3.63) is 35.4 Å². The number of rotatable bonds is 3. The maximum absolute atomic E-state index is 4.30. The van der Waals surface area contributed by atoms with Gasteiger partial charge >= 0.3 is 0 Å². The molecule has 0 saturated heterocycles. The SMILES string of the molecule is Cc1ccc(-c2cc(NC3CC3)n[nH]2)c(C)c1. The lowest BCUT2D eigenvalue weighted by Crippen LogP contribution is -2.00. The predicted molar refractivity (Wildman–Crippen MR) is 70.1 cm³/mol. The summed E-state index contributed by atoms with van der Waals surface area (Å²) in [5, 5.41) is 10.8. The quantitative estimate of drug-likeness (QED) is 0.845. The van der Waals surface area contributed by atoms with Crippen LogP contribution in [0.5, 0.6) is 0 Å². The van der Waals surface area contributed by atoms with Crippen molar-refractivity contribution in [2.45, 2.75) is 32.7 Å². The number of nitrogens with zero attached hydrogens (tertiary/aromatic N) is 1. The first-order chi connectivity index (χ1) is 8.22. The first kappa shape index (κ1) is 10.4. The van der Waals surface area contributed by atoms with E-state index in [2.05, 4.69) is 53.6 Å². The third kappa shape index (κ3) is 2.18. The van der Waals surface area contributed by atoms with Gasteiger partial charge in [0.2, 0.25) is 0 Å². The lowest BCUT2D eigenvalue weighted by Gasteiger charge is -2.03. The van der Waals surface area contributed by atoms with Crippen molar-refractivity contribution in [1.29, 1.82) is 0 Å². The Morgan fingerprint density at radius 1 is 1.24 bits per heavy atom. The Morgan fingerprint density at radius 2 is 2.06 bits per heavy atom. The standard InChI is InChI=1S/C14H17N3/c1-9-3-6-12(10(2)7-9)13-8-14(17-16-13)15-11-4-5-11/h3,6-8,11H,4-5H2,1-2H3,(H2,15,16,17). The van der Waals surface area contributed by atoms with Crippen LogP contribution in [0.2, 0.25) is 0 Å². The molecule has 0 unspecified atom stereocenters. The zero-order valence-corrected chi connectivity index (χ0v) is 10.2. The molecule has 3 nitrogen and oxygen atoms in total. The number of H-pyrrole nitrogens is 1. The van der Waals surface area contributed by atoms with E-state index in [0.717, 1.165) is 11.5 Å². The molecule has 17 heavy (non-hydrogen) atoms. The molecule has 88 valence electrons. The van der Waals surface area contributed by atoms with Gasteiger partial charge in [0.25, 0.3) is 0 Å². The summed E-state index contributed by atoms with van der Waals surface area (Å²) in [6, 6.07) is 9.22. The van der Waals surface area contributed by atoms with E-state index in [1.54, 1.807) is 0 Å². The highest BCUT2D eigenvalue weighted by atomic mass is 15.2. The van der Waals surface area contributed by atoms with Gasteiger partial charge in [0.1, 0.15) is 5.82 Å². The second-order valence-electron chi connectivity index (χ2n) is 4.90. The van der Waals surface area contributed by atoms with Crippen molar-refractivity contribution in [2.24, 2.45) is 0 Å². The zero-order valence-electron chi connectivity index (χ0n) is 10.2. The summed E-state index contributed by atoms with van der Waals surface area (Å²) in [4.78, 5) is 0. The molecule has 1 fully saturated rings. The van der Waals surface area contributed by atoms with Gasteiger partial charge in [-0.3, -0.25) is 5.10 Å². The van der Waals surface area contributed by atoms with E-state index in [1.165, 1.54) is 29.5 Å². The monoisotopic (exact) mass is 227 g/mol. The summed E-state index contributed by atoms with van der Waals surface area (Å²) in [5.41, 5.74) is 4.89. The number of aromatic amines is 1. The Hall–Kier alpha value is -1.77. The van der Waals surface area contributed by atoms with Crippen LogP contribution < -0.4 is 5.32 Å². The third-order valence-electron chi connectivity index (χ3n) is 3.18. The van der Waals surface area contributed by atoms with E-state index in [1.807, 2.05) is 0 Å². The minimum Gasteiger partial charge on any atom is -0.366 e. The molecular formula is C14H17N3. The molecule has 0 amide bonds. The van der Waals surface area contributed by atoms with Crippen molar-refractivity contribution in [2.75, 3.05) is 5.32 Å². The normalized spacial score (nSPS) is 14.9. The van der Waals surface area contributed by atoms with Crippen LogP contribution in [0.1, 0.15) is 24.0 Å². The van der Waals surface area contributed by atoms with Gasteiger partial charge in [-0.15, -0.1) is 0 Å². The fourth-order valence-electron chi connectivity index (χ4n) is 2.09. The van der Waals surface area contributed by atoms with Gasteiger partial charge in [-0.1, -0.05) is 23.8 Å². The van der Waals surface area contributed by atoms with E-state index < -0.39 is 0 Å². The number of nitrogens with one attached hydrogen (secondary N) is 2. The molecule has 2 aromatic rings. The summed E-state index contributed by atoms with van der Waals surface area (Å²) >= 11 is 0. The van der Waals surface area contributed by atoms with E-state index in [9.17, 15) is 0 Å². The van der Waals surface area contributed by atoms with Crippen molar-refractivity contribution in [3.8, 4) is 11.3 Å².